The Hall–Kier alpha value is -0.620. The standard InChI is InChI=1S/C12H19N3OS.ClH/c1-14-10-3-2-4-15(6-10)7-11-5-9(8-17-11)12(13)16;/h5,8,10,14H,2-4,6-7H2,1H3,(H2,13,16);1H. The molecule has 2 rings (SSSR count). The first kappa shape index (κ1) is 15.4. The lowest BCUT2D eigenvalue weighted by molar-refractivity contribution is 0.100. The number of likely N-dealkylation sites (tertiary alicyclic amines) is 1. The van der Waals surface area contributed by atoms with Gasteiger partial charge in [-0.25, -0.2) is 0 Å². The first-order valence-electron chi connectivity index (χ1n) is 5.96. The molecule has 102 valence electrons. The number of halogens is 1. The van der Waals surface area contributed by atoms with E-state index in [1.54, 1.807) is 11.3 Å². The number of carbonyl (C=O) groups is 1. The highest BCUT2D eigenvalue weighted by Gasteiger charge is 2.19. The Bertz CT molecular complexity index is 396. The number of hydrogen-bond acceptors (Lipinski definition) is 4. The molecular formula is C12H20ClN3OS. The molecule has 1 amide bonds. The van der Waals surface area contributed by atoms with Gasteiger partial charge < -0.3 is 11.1 Å². The second kappa shape index (κ2) is 7.09. The average Bonchev–Trinajstić information content (AvgIpc) is 2.78. The van der Waals surface area contributed by atoms with E-state index in [0.29, 0.717) is 11.6 Å². The molecule has 6 heteroatoms. The van der Waals surface area contributed by atoms with Crippen molar-refractivity contribution in [3.63, 3.8) is 0 Å². The van der Waals surface area contributed by atoms with Gasteiger partial charge in [-0.3, -0.25) is 9.69 Å². The molecule has 4 nitrogen and oxygen atoms in total. The number of piperidine rings is 1. The summed E-state index contributed by atoms with van der Waals surface area (Å²) in [5.74, 6) is -0.334. The topological polar surface area (TPSA) is 58.4 Å². The Morgan fingerprint density at radius 1 is 1.67 bits per heavy atom. The number of carbonyl (C=O) groups excluding carboxylic acids is 1. The zero-order valence-electron chi connectivity index (χ0n) is 10.5. The molecule has 0 aliphatic carbocycles. The number of nitrogens with two attached hydrogens (primary N) is 1. The molecule has 2 heterocycles. The summed E-state index contributed by atoms with van der Waals surface area (Å²) >= 11 is 1.62. The maximum Gasteiger partial charge on any atom is 0.249 e. The van der Waals surface area contributed by atoms with Crippen LogP contribution < -0.4 is 11.1 Å². The second-order valence-corrected chi connectivity index (χ2v) is 5.52. The van der Waals surface area contributed by atoms with Crippen molar-refractivity contribution in [3.8, 4) is 0 Å². The molecule has 0 radical (unpaired) electrons. The van der Waals surface area contributed by atoms with Crippen LogP contribution in [0.25, 0.3) is 0 Å². The van der Waals surface area contributed by atoms with Crippen molar-refractivity contribution in [2.24, 2.45) is 5.73 Å². The number of nitrogens with zero attached hydrogens (tertiary/aromatic N) is 1. The highest BCUT2D eigenvalue weighted by Crippen LogP contribution is 2.19. The van der Waals surface area contributed by atoms with Gasteiger partial charge in [0.05, 0.1) is 5.56 Å². The van der Waals surface area contributed by atoms with Crippen LogP contribution >= 0.6 is 23.7 Å². The number of primary amides is 1. The normalized spacial score (nSPS) is 20.4. The Morgan fingerprint density at radius 2 is 2.44 bits per heavy atom. The summed E-state index contributed by atoms with van der Waals surface area (Å²) in [6.07, 6.45) is 2.49. The number of thiophene rings is 1. The Labute approximate surface area is 118 Å². The van der Waals surface area contributed by atoms with Crippen LogP contribution in [0.1, 0.15) is 28.1 Å². The smallest absolute Gasteiger partial charge is 0.249 e. The predicted octanol–water partition coefficient (Wildman–Crippen LogP) is 1.45. The van der Waals surface area contributed by atoms with Gasteiger partial charge in [0.2, 0.25) is 5.91 Å². The number of amides is 1. The van der Waals surface area contributed by atoms with Crippen molar-refractivity contribution in [1.29, 1.82) is 0 Å². The van der Waals surface area contributed by atoms with E-state index in [9.17, 15) is 4.79 Å². The lowest BCUT2D eigenvalue weighted by Crippen LogP contribution is -2.43. The molecular weight excluding hydrogens is 270 g/mol. The summed E-state index contributed by atoms with van der Waals surface area (Å²) in [4.78, 5) is 14.7. The quantitative estimate of drug-likeness (QED) is 0.882. The molecule has 3 N–H and O–H groups in total. The minimum atomic E-state index is -0.334. The maximum atomic E-state index is 11.0. The van der Waals surface area contributed by atoms with E-state index in [4.69, 9.17) is 5.73 Å². The zero-order valence-corrected chi connectivity index (χ0v) is 12.1. The van der Waals surface area contributed by atoms with Crippen molar-refractivity contribution in [2.45, 2.75) is 25.4 Å². The van der Waals surface area contributed by atoms with E-state index >= 15 is 0 Å². The van der Waals surface area contributed by atoms with Crippen LogP contribution in [0.3, 0.4) is 0 Å². The molecule has 1 fully saturated rings. The van der Waals surface area contributed by atoms with Crippen LogP contribution in [0.4, 0.5) is 0 Å². The van der Waals surface area contributed by atoms with Gasteiger partial charge in [0.15, 0.2) is 0 Å². The maximum absolute atomic E-state index is 11.0. The summed E-state index contributed by atoms with van der Waals surface area (Å²) in [5, 5.41) is 5.18. The van der Waals surface area contributed by atoms with Gasteiger partial charge in [-0.05, 0) is 32.5 Å². The predicted molar refractivity (Wildman–Crippen MR) is 77.4 cm³/mol. The molecule has 1 aromatic rings. The average molecular weight is 290 g/mol. The molecule has 1 aliphatic heterocycles. The van der Waals surface area contributed by atoms with Gasteiger partial charge in [-0.15, -0.1) is 23.7 Å². The molecule has 18 heavy (non-hydrogen) atoms. The van der Waals surface area contributed by atoms with Crippen LogP contribution in [-0.4, -0.2) is 37.0 Å². The van der Waals surface area contributed by atoms with E-state index in [-0.39, 0.29) is 18.3 Å². The molecule has 0 spiro atoms. The van der Waals surface area contributed by atoms with Gasteiger partial charge in [-0.2, -0.15) is 0 Å². The van der Waals surface area contributed by atoms with Crippen molar-refractivity contribution in [3.05, 3.63) is 21.9 Å². The highest BCUT2D eigenvalue weighted by atomic mass is 35.5. The summed E-state index contributed by atoms with van der Waals surface area (Å²) in [7, 11) is 2.02. The van der Waals surface area contributed by atoms with Gasteiger partial charge in [0.25, 0.3) is 0 Å². The third kappa shape index (κ3) is 3.95. The van der Waals surface area contributed by atoms with Gasteiger partial charge in [-0.1, -0.05) is 0 Å². The van der Waals surface area contributed by atoms with Crippen LogP contribution in [0.2, 0.25) is 0 Å². The third-order valence-corrected chi connectivity index (χ3v) is 4.15. The molecule has 1 aliphatic rings. The first-order valence-corrected chi connectivity index (χ1v) is 6.84. The zero-order chi connectivity index (χ0) is 12.3. The SMILES string of the molecule is CNC1CCCN(Cc2cc(C(N)=O)cs2)C1.Cl. The van der Waals surface area contributed by atoms with Crippen LogP contribution in [0, 0.1) is 0 Å². The van der Waals surface area contributed by atoms with E-state index in [0.717, 1.165) is 19.6 Å². The molecule has 0 bridgehead atoms. The van der Waals surface area contributed by atoms with Gasteiger partial charge in [0.1, 0.15) is 0 Å². The van der Waals surface area contributed by atoms with E-state index in [1.807, 2.05) is 18.5 Å². The summed E-state index contributed by atoms with van der Waals surface area (Å²) < 4.78 is 0. The van der Waals surface area contributed by atoms with Crippen LogP contribution in [0.5, 0.6) is 0 Å². The number of nitrogens with one attached hydrogen (secondary N) is 1. The first-order chi connectivity index (χ1) is 8.19. The third-order valence-electron chi connectivity index (χ3n) is 3.23. The Balaban J connectivity index is 0.00000162. The lowest BCUT2D eigenvalue weighted by atomic mass is 10.1. The van der Waals surface area contributed by atoms with Crippen LogP contribution in [-0.2, 0) is 6.54 Å². The fourth-order valence-electron chi connectivity index (χ4n) is 2.25. The summed E-state index contributed by atoms with van der Waals surface area (Å²) in [5.41, 5.74) is 5.88. The number of hydrogen-bond donors (Lipinski definition) is 2. The summed E-state index contributed by atoms with van der Waals surface area (Å²) in [6, 6.07) is 2.51. The largest absolute Gasteiger partial charge is 0.366 e. The lowest BCUT2D eigenvalue weighted by Gasteiger charge is -2.32. The number of likely N-dealkylation sites (N-methyl/N-ethyl adjacent to an activating group) is 1. The minimum absolute atomic E-state index is 0. The van der Waals surface area contributed by atoms with Crippen molar-refractivity contribution >= 4 is 29.7 Å². The van der Waals surface area contributed by atoms with Crippen LogP contribution in [0.15, 0.2) is 11.4 Å². The van der Waals surface area contributed by atoms with Gasteiger partial charge >= 0.3 is 0 Å². The van der Waals surface area contributed by atoms with E-state index < -0.39 is 0 Å². The summed E-state index contributed by atoms with van der Waals surface area (Å²) in [6.45, 7) is 3.15. The van der Waals surface area contributed by atoms with Crippen molar-refractivity contribution in [1.82, 2.24) is 10.2 Å². The second-order valence-electron chi connectivity index (χ2n) is 4.53. The van der Waals surface area contributed by atoms with E-state index in [2.05, 4.69) is 10.2 Å². The fourth-order valence-corrected chi connectivity index (χ4v) is 3.16. The van der Waals surface area contributed by atoms with Gasteiger partial charge in [0, 0.05) is 29.4 Å². The monoisotopic (exact) mass is 289 g/mol. The highest BCUT2D eigenvalue weighted by molar-refractivity contribution is 7.10. The molecule has 1 aromatic heterocycles. The molecule has 0 saturated carbocycles. The molecule has 1 unspecified atom stereocenters. The fraction of sp³-hybridized carbons (Fsp3) is 0.583. The Kier molecular flexibility index (Phi) is 6.08. The Morgan fingerprint density at radius 3 is 3.06 bits per heavy atom. The minimum Gasteiger partial charge on any atom is -0.366 e. The van der Waals surface area contributed by atoms with Crippen molar-refractivity contribution < 1.29 is 4.79 Å². The molecule has 1 saturated heterocycles. The molecule has 1 atom stereocenters. The number of rotatable bonds is 4. The molecule has 0 aromatic carbocycles. The van der Waals surface area contributed by atoms with E-state index in [1.165, 1.54) is 17.7 Å². The van der Waals surface area contributed by atoms with Crippen molar-refractivity contribution in [2.75, 3.05) is 20.1 Å².